The van der Waals surface area contributed by atoms with Crippen LogP contribution in [0.5, 0.6) is 0 Å². The van der Waals surface area contributed by atoms with Crippen molar-refractivity contribution >= 4 is 65.6 Å². The molecule has 6 nitrogen and oxygen atoms in total. The van der Waals surface area contributed by atoms with Crippen LogP contribution in [0.2, 0.25) is 0 Å². The summed E-state index contributed by atoms with van der Waals surface area (Å²) in [7, 11) is 0. The first-order valence-corrected chi connectivity index (χ1v) is 17.8. The largest absolute Gasteiger partial charge is 0.456 e. The molecule has 11 aromatic rings. The van der Waals surface area contributed by atoms with Crippen molar-refractivity contribution in [2.75, 3.05) is 0 Å². The van der Waals surface area contributed by atoms with Gasteiger partial charge >= 0.3 is 6.18 Å². The normalized spacial score (nSPS) is 12.3. The third-order valence-electron chi connectivity index (χ3n) is 10.4. The highest BCUT2D eigenvalue weighted by Crippen LogP contribution is 2.44. The highest BCUT2D eigenvalue weighted by atomic mass is 19.4. The lowest BCUT2D eigenvalue weighted by atomic mass is 10.1. The van der Waals surface area contributed by atoms with Crippen LogP contribution in [0.15, 0.2) is 162 Å². The maximum atomic E-state index is 15.5. The van der Waals surface area contributed by atoms with Crippen LogP contribution in [-0.4, -0.2) is 24.1 Å². The summed E-state index contributed by atoms with van der Waals surface area (Å²) in [6.45, 7) is 0. The second kappa shape index (κ2) is 11.6. The van der Waals surface area contributed by atoms with Gasteiger partial charge < -0.3 is 8.98 Å². The average molecular weight is 722 g/mol. The Kier molecular flexibility index (Phi) is 6.61. The number of halogens is 3. The van der Waals surface area contributed by atoms with E-state index >= 15 is 13.2 Å². The molecule has 0 N–H and O–H groups in total. The molecule has 55 heavy (non-hydrogen) atoms. The molecule has 7 aromatic carbocycles. The number of benzene rings is 7. The molecule has 4 aromatic heterocycles. The first kappa shape index (κ1) is 31.3. The van der Waals surface area contributed by atoms with Gasteiger partial charge in [-0.25, -0.2) is 4.98 Å². The molecule has 9 heteroatoms. The zero-order chi connectivity index (χ0) is 36.8. The highest BCUT2D eigenvalue weighted by molar-refractivity contribution is 6.27. The van der Waals surface area contributed by atoms with Gasteiger partial charge in [0.1, 0.15) is 11.2 Å². The van der Waals surface area contributed by atoms with Crippen molar-refractivity contribution < 1.29 is 17.6 Å². The quantitative estimate of drug-likeness (QED) is 0.182. The predicted octanol–water partition coefficient (Wildman–Crippen LogP) is 12.3. The number of furan rings is 1. The molecule has 0 amide bonds. The zero-order valence-electron chi connectivity index (χ0n) is 28.8. The van der Waals surface area contributed by atoms with Gasteiger partial charge in [0.25, 0.3) is 0 Å². The summed E-state index contributed by atoms with van der Waals surface area (Å²) in [5, 5.41) is 5.45. The Balaban J connectivity index is 1.17. The number of para-hydroxylation sites is 4. The van der Waals surface area contributed by atoms with Crippen molar-refractivity contribution in [2.24, 2.45) is 0 Å². The second-order valence-corrected chi connectivity index (χ2v) is 13.5. The van der Waals surface area contributed by atoms with Crippen LogP contribution in [0.1, 0.15) is 5.56 Å². The minimum atomic E-state index is -4.72. The molecule has 0 aliphatic rings. The SMILES string of the molecule is FC(F)(F)c1cc(-c2nc(-c3ccccc3)nc(-n3c4ccccc4c4ccccc43)n2)ccc1-n1c2ccccc2c2c3c(ccc21)oc1ccccc13. The Morgan fingerprint density at radius 1 is 0.436 bits per heavy atom. The lowest BCUT2D eigenvalue weighted by molar-refractivity contribution is -0.137. The minimum Gasteiger partial charge on any atom is -0.456 e. The second-order valence-electron chi connectivity index (χ2n) is 13.5. The highest BCUT2D eigenvalue weighted by Gasteiger charge is 2.36. The van der Waals surface area contributed by atoms with Gasteiger partial charge in [0.05, 0.1) is 33.3 Å². The van der Waals surface area contributed by atoms with Gasteiger partial charge in [-0.3, -0.25) is 4.57 Å². The van der Waals surface area contributed by atoms with E-state index in [2.05, 4.69) is 0 Å². The maximum absolute atomic E-state index is 15.5. The topological polar surface area (TPSA) is 61.7 Å². The van der Waals surface area contributed by atoms with Crippen LogP contribution in [0, 0.1) is 0 Å². The van der Waals surface area contributed by atoms with Crippen LogP contribution in [-0.2, 0) is 6.18 Å². The molecule has 0 bridgehead atoms. The van der Waals surface area contributed by atoms with Crippen molar-refractivity contribution in [2.45, 2.75) is 6.18 Å². The van der Waals surface area contributed by atoms with Gasteiger partial charge in [0.2, 0.25) is 5.95 Å². The number of hydrogen-bond donors (Lipinski definition) is 0. The summed E-state index contributed by atoms with van der Waals surface area (Å²) >= 11 is 0. The molecule has 262 valence electrons. The predicted molar refractivity (Wildman–Crippen MR) is 212 cm³/mol. The first-order valence-electron chi connectivity index (χ1n) is 17.8. The molecule has 0 saturated carbocycles. The maximum Gasteiger partial charge on any atom is 0.418 e. The molecule has 0 aliphatic carbocycles. The summed E-state index contributed by atoms with van der Waals surface area (Å²) in [5.41, 5.74) is 4.52. The van der Waals surface area contributed by atoms with Crippen molar-refractivity contribution in [3.8, 4) is 34.4 Å². The Hall–Kier alpha value is -7.26. The van der Waals surface area contributed by atoms with Crippen molar-refractivity contribution in [3.05, 3.63) is 163 Å². The molecule has 0 spiro atoms. The molecule has 0 atom stereocenters. The standard InChI is InChI=1S/C46H26F3N5O/c47-46(48,49)33-26-28(22-23-37(33)53-36-20-10-6-16-31(36)41-38(53)24-25-40-42(41)32-17-7-11-21-39(32)55-40)44-50-43(27-12-2-1-3-13-27)51-45(52-44)54-34-18-8-4-14-29(34)30-15-5-9-19-35(30)54/h1-26H. The molecule has 0 saturated heterocycles. The molecule has 4 heterocycles. The Morgan fingerprint density at radius 3 is 1.71 bits per heavy atom. The molecular weight excluding hydrogens is 696 g/mol. The fourth-order valence-electron chi connectivity index (χ4n) is 8.08. The van der Waals surface area contributed by atoms with Gasteiger partial charge in [-0.2, -0.15) is 23.1 Å². The summed E-state index contributed by atoms with van der Waals surface area (Å²) < 4.78 is 56.2. The molecule has 0 radical (unpaired) electrons. The van der Waals surface area contributed by atoms with Gasteiger partial charge in [-0.15, -0.1) is 0 Å². The monoisotopic (exact) mass is 721 g/mol. The average Bonchev–Trinajstić information content (AvgIpc) is 3.88. The van der Waals surface area contributed by atoms with Crippen molar-refractivity contribution in [1.82, 2.24) is 24.1 Å². The first-order chi connectivity index (χ1) is 26.9. The summed E-state index contributed by atoms with van der Waals surface area (Å²) in [5.74, 6) is 0.771. The van der Waals surface area contributed by atoms with Gasteiger partial charge in [-0.1, -0.05) is 103 Å². The number of alkyl halides is 3. The smallest absolute Gasteiger partial charge is 0.418 e. The number of fused-ring (bicyclic) bond motifs is 10. The zero-order valence-corrected chi connectivity index (χ0v) is 28.8. The summed E-state index contributed by atoms with van der Waals surface area (Å²) in [6.07, 6.45) is -4.72. The number of rotatable bonds is 4. The summed E-state index contributed by atoms with van der Waals surface area (Å²) in [4.78, 5) is 14.6. The molecule has 0 aliphatic heterocycles. The third-order valence-corrected chi connectivity index (χ3v) is 10.4. The van der Waals surface area contributed by atoms with E-state index in [9.17, 15) is 0 Å². The Labute approximate surface area is 310 Å². The number of nitrogens with zero attached hydrogens (tertiary/aromatic N) is 5. The Bertz CT molecular complexity index is 3270. The number of hydrogen-bond acceptors (Lipinski definition) is 4. The molecule has 11 rings (SSSR count). The van der Waals surface area contributed by atoms with E-state index in [1.807, 2.05) is 144 Å². The Morgan fingerprint density at radius 2 is 1.02 bits per heavy atom. The lowest BCUT2D eigenvalue weighted by Crippen LogP contribution is -2.12. The van der Waals surface area contributed by atoms with E-state index in [0.29, 0.717) is 34.0 Å². The fraction of sp³-hybridized carbons (Fsp3) is 0.0217. The van der Waals surface area contributed by atoms with Gasteiger partial charge in [0.15, 0.2) is 11.6 Å². The van der Waals surface area contributed by atoms with Crippen LogP contribution >= 0.6 is 0 Å². The van der Waals surface area contributed by atoms with E-state index in [1.54, 1.807) is 10.6 Å². The van der Waals surface area contributed by atoms with Crippen LogP contribution < -0.4 is 0 Å². The van der Waals surface area contributed by atoms with Gasteiger partial charge in [0, 0.05) is 43.4 Å². The van der Waals surface area contributed by atoms with Crippen LogP contribution in [0.25, 0.3) is 100.0 Å². The summed E-state index contributed by atoms with van der Waals surface area (Å²) in [6, 6.07) is 48.6. The number of aromatic nitrogens is 5. The molecular formula is C46H26F3N5O. The lowest BCUT2D eigenvalue weighted by Gasteiger charge is -2.17. The van der Waals surface area contributed by atoms with E-state index in [4.69, 9.17) is 19.4 Å². The molecule has 0 fully saturated rings. The van der Waals surface area contributed by atoms with E-state index in [0.717, 1.165) is 55.0 Å². The molecule has 0 unspecified atom stereocenters. The van der Waals surface area contributed by atoms with Crippen LogP contribution in [0.3, 0.4) is 0 Å². The fourth-order valence-corrected chi connectivity index (χ4v) is 8.08. The van der Waals surface area contributed by atoms with Crippen molar-refractivity contribution in [1.29, 1.82) is 0 Å². The van der Waals surface area contributed by atoms with Crippen molar-refractivity contribution in [3.63, 3.8) is 0 Å². The third kappa shape index (κ3) is 4.72. The van der Waals surface area contributed by atoms with E-state index < -0.39 is 11.7 Å². The van der Waals surface area contributed by atoms with E-state index in [-0.39, 0.29) is 17.1 Å². The minimum absolute atomic E-state index is 0.00504. The van der Waals surface area contributed by atoms with Gasteiger partial charge in [-0.05, 0) is 54.6 Å². The van der Waals surface area contributed by atoms with Crippen LogP contribution in [0.4, 0.5) is 13.2 Å². The van der Waals surface area contributed by atoms with E-state index in [1.165, 1.54) is 6.07 Å².